The van der Waals surface area contributed by atoms with Gasteiger partial charge >= 0.3 is 0 Å². The molecular weight excluding hydrogens is 204 g/mol. The SMILES string of the molecule is CC(C)C(N)CCN(C)C1CCCSC1. The Hall–Kier alpha value is 0.270. The molecule has 0 spiro atoms. The molecule has 1 rings (SSSR count). The minimum absolute atomic E-state index is 0.365. The van der Waals surface area contributed by atoms with Gasteiger partial charge in [0.05, 0.1) is 0 Å². The Bertz CT molecular complexity index is 167. The quantitative estimate of drug-likeness (QED) is 0.785. The number of nitrogens with zero attached hydrogens (tertiary/aromatic N) is 1. The maximum atomic E-state index is 6.06. The molecule has 0 aromatic heterocycles. The molecule has 2 N–H and O–H groups in total. The van der Waals surface area contributed by atoms with Crippen molar-refractivity contribution < 1.29 is 0 Å². The Labute approximate surface area is 99.0 Å². The van der Waals surface area contributed by atoms with Gasteiger partial charge in [-0.1, -0.05) is 13.8 Å². The molecule has 1 fully saturated rings. The fourth-order valence-corrected chi connectivity index (χ4v) is 3.17. The smallest absolute Gasteiger partial charge is 0.0183 e. The van der Waals surface area contributed by atoms with E-state index in [1.54, 1.807) is 0 Å². The van der Waals surface area contributed by atoms with Crippen molar-refractivity contribution in [1.82, 2.24) is 4.90 Å². The fourth-order valence-electron chi connectivity index (χ4n) is 1.94. The molecule has 0 aromatic carbocycles. The molecular formula is C12H26N2S. The third-order valence-electron chi connectivity index (χ3n) is 3.43. The van der Waals surface area contributed by atoms with Crippen LogP contribution in [0.3, 0.4) is 0 Å². The van der Waals surface area contributed by atoms with Gasteiger partial charge in [0, 0.05) is 17.8 Å². The highest BCUT2D eigenvalue weighted by Gasteiger charge is 2.18. The largest absolute Gasteiger partial charge is 0.327 e. The molecule has 0 saturated carbocycles. The van der Waals surface area contributed by atoms with E-state index >= 15 is 0 Å². The molecule has 1 aliphatic rings. The molecule has 3 heteroatoms. The van der Waals surface area contributed by atoms with Crippen LogP contribution in [0.2, 0.25) is 0 Å². The normalized spacial score (nSPS) is 24.8. The standard InChI is InChI=1S/C12H26N2S/c1-10(2)12(13)6-7-14(3)11-5-4-8-15-9-11/h10-12H,4-9,13H2,1-3H3. The zero-order valence-electron chi connectivity index (χ0n) is 10.4. The summed E-state index contributed by atoms with van der Waals surface area (Å²) in [5.74, 6) is 3.28. The maximum absolute atomic E-state index is 6.06. The lowest BCUT2D eigenvalue weighted by molar-refractivity contribution is 0.231. The maximum Gasteiger partial charge on any atom is 0.0183 e. The lowest BCUT2D eigenvalue weighted by Crippen LogP contribution is -2.39. The van der Waals surface area contributed by atoms with E-state index in [1.807, 2.05) is 0 Å². The van der Waals surface area contributed by atoms with Gasteiger partial charge in [-0.3, -0.25) is 0 Å². The molecule has 15 heavy (non-hydrogen) atoms. The summed E-state index contributed by atoms with van der Waals surface area (Å²) < 4.78 is 0. The van der Waals surface area contributed by atoms with Crippen molar-refractivity contribution in [2.24, 2.45) is 11.7 Å². The fraction of sp³-hybridized carbons (Fsp3) is 1.00. The van der Waals surface area contributed by atoms with Gasteiger partial charge in [-0.2, -0.15) is 11.8 Å². The molecule has 0 radical (unpaired) electrons. The summed E-state index contributed by atoms with van der Waals surface area (Å²) in [6, 6.07) is 1.16. The molecule has 2 atom stereocenters. The summed E-state index contributed by atoms with van der Waals surface area (Å²) in [6.07, 6.45) is 3.89. The molecule has 0 aromatic rings. The van der Waals surface area contributed by atoms with E-state index in [1.165, 1.54) is 24.3 Å². The van der Waals surface area contributed by atoms with E-state index in [0.717, 1.165) is 19.0 Å². The van der Waals surface area contributed by atoms with Crippen LogP contribution in [0.25, 0.3) is 0 Å². The number of thioether (sulfide) groups is 1. The van der Waals surface area contributed by atoms with Gasteiger partial charge in [-0.15, -0.1) is 0 Å². The highest BCUT2D eigenvalue weighted by molar-refractivity contribution is 7.99. The second kappa shape index (κ2) is 6.77. The molecule has 1 aliphatic heterocycles. The summed E-state index contributed by atoms with van der Waals surface area (Å²) in [5, 5.41) is 0. The Morgan fingerprint density at radius 3 is 2.73 bits per heavy atom. The second-order valence-corrected chi connectivity index (χ2v) is 6.20. The number of hydrogen-bond donors (Lipinski definition) is 1. The Kier molecular flexibility index (Phi) is 6.02. The van der Waals surface area contributed by atoms with Gasteiger partial charge < -0.3 is 10.6 Å². The van der Waals surface area contributed by atoms with E-state index in [4.69, 9.17) is 5.73 Å². The summed E-state index contributed by atoms with van der Waals surface area (Å²) in [6.45, 7) is 5.58. The van der Waals surface area contributed by atoms with Crippen molar-refractivity contribution in [3.63, 3.8) is 0 Å². The zero-order valence-corrected chi connectivity index (χ0v) is 11.2. The van der Waals surface area contributed by atoms with Crippen LogP contribution in [-0.2, 0) is 0 Å². The second-order valence-electron chi connectivity index (χ2n) is 5.05. The summed E-state index contributed by atoms with van der Waals surface area (Å²) in [5.41, 5.74) is 6.06. The minimum atomic E-state index is 0.365. The average molecular weight is 230 g/mol. The van der Waals surface area contributed by atoms with E-state index in [-0.39, 0.29) is 0 Å². The molecule has 1 saturated heterocycles. The lowest BCUT2D eigenvalue weighted by Gasteiger charge is -2.31. The topological polar surface area (TPSA) is 29.3 Å². The molecule has 1 heterocycles. The van der Waals surface area contributed by atoms with E-state index in [9.17, 15) is 0 Å². The number of nitrogens with two attached hydrogens (primary N) is 1. The first-order valence-electron chi connectivity index (χ1n) is 6.15. The van der Waals surface area contributed by atoms with Crippen LogP contribution >= 0.6 is 11.8 Å². The number of hydrogen-bond acceptors (Lipinski definition) is 3. The third kappa shape index (κ3) is 4.75. The van der Waals surface area contributed by atoms with Crippen molar-refractivity contribution in [2.45, 2.75) is 45.2 Å². The van der Waals surface area contributed by atoms with Crippen LogP contribution in [0.4, 0.5) is 0 Å². The van der Waals surface area contributed by atoms with Gasteiger partial charge in [0.1, 0.15) is 0 Å². The predicted octanol–water partition coefficient (Wildman–Crippen LogP) is 2.19. The van der Waals surface area contributed by atoms with Crippen LogP contribution in [-0.4, -0.2) is 42.1 Å². The molecule has 2 unspecified atom stereocenters. The van der Waals surface area contributed by atoms with Gasteiger partial charge in [-0.05, 0) is 44.5 Å². The highest BCUT2D eigenvalue weighted by atomic mass is 32.2. The molecule has 0 amide bonds. The predicted molar refractivity (Wildman–Crippen MR) is 70.4 cm³/mol. The van der Waals surface area contributed by atoms with Gasteiger partial charge in [0.2, 0.25) is 0 Å². The first kappa shape index (κ1) is 13.3. The van der Waals surface area contributed by atoms with Crippen molar-refractivity contribution in [3.05, 3.63) is 0 Å². The minimum Gasteiger partial charge on any atom is -0.327 e. The van der Waals surface area contributed by atoms with Gasteiger partial charge in [0.25, 0.3) is 0 Å². The van der Waals surface area contributed by atoms with Crippen molar-refractivity contribution in [3.8, 4) is 0 Å². The van der Waals surface area contributed by atoms with Crippen LogP contribution in [0.1, 0.15) is 33.1 Å². The summed E-state index contributed by atoms with van der Waals surface area (Å²) in [4.78, 5) is 2.51. The van der Waals surface area contributed by atoms with Crippen LogP contribution < -0.4 is 5.73 Å². The Morgan fingerprint density at radius 1 is 1.47 bits per heavy atom. The zero-order chi connectivity index (χ0) is 11.3. The van der Waals surface area contributed by atoms with Crippen molar-refractivity contribution in [2.75, 3.05) is 25.1 Å². The van der Waals surface area contributed by atoms with Crippen molar-refractivity contribution >= 4 is 11.8 Å². The Balaban J connectivity index is 2.19. The number of rotatable bonds is 5. The van der Waals surface area contributed by atoms with Crippen molar-refractivity contribution in [1.29, 1.82) is 0 Å². The third-order valence-corrected chi connectivity index (χ3v) is 4.63. The average Bonchev–Trinajstić information content (AvgIpc) is 2.26. The van der Waals surface area contributed by atoms with Gasteiger partial charge in [0.15, 0.2) is 0 Å². The molecule has 90 valence electrons. The monoisotopic (exact) mass is 230 g/mol. The van der Waals surface area contributed by atoms with Crippen LogP contribution in [0.15, 0.2) is 0 Å². The highest BCUT2D eigenvalue weighted by Crippen LogP contribution is 2.21. The van der Waals surface area contributed by atoms with E-state index in [0.29, 0.717) is 12.0 Å². The molecule has 2 nitrogen and oxygen atoms in total. The molecule has 0 aliphatic carbocycles. The van der Waals surface area contributed by atoms with Crippen LogP contribution in [0.5, 0.6) is 0 Å². The summed E-state index contributed by atoms with van der Waals surface area (Å²) in [7, 11) is 2.25. The Morgan fingerprint density at radius 2 is 2.20 bits per heavy atom. The first-order valence-corrected chi connectivity index (χ1v) is 7.30. The van der Waals surface area contributed by atoms with E-state index < -0.39 is 0 Å². The molecule has 0 bridgehead atoms. The summed E-state index contributed by atoms with van der Waals surface area (Å²) >= 11 is 2.10. The van der Waals surface area contributed by atoms with E-state index in [2.05, 4.69) is 37.6 Å². The first-order chi connectivity index (χ1) is 7.11. The van der Waals surface area contributed by atoms with Gasteiger partial charge in [-0.25, -0.2) is 0 Å². The lowest BCUT2D eigenvalue weighted by atomic mass is 10.0. The van der Waals surface area contributed by atoms with Crippen LogP contribution in [0, 0.1) is 5.92 Å².